The summed E-state index contributed by atoms with van der Waals surface area (Å²) >= 11 is 0. The molecule has 0 unspecified atom stereocenters. The van der Waals surface area contributed by atoms with Crippen LogP contribution in [0.4, 0.5) is 5.69 Å². The highest BCUT2D eigenvalue weighted by molar-refractivity contribution is 5.82. The van der Waals surface area contributed by atoms with Crippen LogP contribution in [0.5, 0.6) is 17.2 Å². The molecule has 1 aromatic heterocycles. The molecule has 0 saturated carbocycles. The van der Waals surface area contributed by atoms with E-state index in [1.54, 1.807) is 7.11 Å². The third-order valence-electron chi connectivity index (χ3n) is 4.56. The van der Waals surface area contributed by atoms with Crippen LogP contribution in [0.2, 0.25) is 0 Å². The van der Waals surface area contributed by atoms with Gasteiger partial charge in [0.05, 0.1) is 12.8 Å². The summed E-state index contributed by atoms with van der Waals surface area (Å²) in [6, 6.07) is 27.6. The Kier molecular flexibility index (Phi) is 5.43. The maximum Gasteiger partial charge on any atom is 0.127 e. The summed E-state index contributed by atoms with van der Waals surface area (Å²) in [5, 5.41) is 0. The van der Waals surface area contributed by atoms with Crippen LogP contribution >= 0.6 is 0 Å². The van der Waals surface area contributed by atoms with Gasteiger partial charge in [0.1, 0.15) is 17.2 Å². The van der Waals surface area contributed by atoms with E-state index in [9.17, 15) is 0 Å². The maximum atomic E-state index is 5.82. The Bertz CT molecular complexity index is 1100. The molecular formula is C25H22N2O2. The van der Waals surface area contributed by atoms with Gasteiger partial charge >= 0.3 is 0 Å². The van der Waals surface area contributed by atoms with Crippen LogP contribution in [0.25, 0.3) is 5.69 Å². The lowest BCUT2D eigenvalue weighted by Gasteiger charge is -2.06. The third kappa shape index (κ3) is 4.55. The number of hydrogen-bond acceptors (Lipinski definition) is 3. The second-order valence-electron chi connectivity index (χ2n) is 6.65. The average molecular weight is 382 g/mol. The molecule has 0 saturated heterocycles. The molecule has 0 bridgehead atoms. The minimum Gasteiger partial charge on any atom is -0.497 e. The third-order valence-corrected chi connectivity index (χ3v) is 4.56. The van der Waals surface area contributed by atoms with Gasteiger partial charge in [-0.15, -0.1) is 0 Å². The first-order valence-electron chi connectivity index (χ1n) is 9.42. The van der Waals surface area contributed by atoms with E-state index in [4.69, 9.17) is 9.47 Å². The number of hydrogen-bond donors (Lipinski definition) is 0. The Hall–Kier alpha value is -3.79. The Balaban J connectivity index is 1.46. The van der Waals surface area contributed by atoms with E-state index in [0.717, 1.165) is 39.9 Å². The second kappa shape index (κ2) is 8.48. The fraction of sp³-hybridized carbons (Fsp3) is 0.0800. The zero-order valence-corrected chi connectivity index (χ0v) is 16.4. The molecule has 0 radical (unpaired) electrons. The van der Waals surface area contributed by atoms with Crippen molar-refractivity contribution in [3.05, 3.63) is 102 Å². The lowest BCUT2D eigenvalue weighted by molar-refractivity contribution is 0.414. The van der Waals surface area contributed by atoms with Gasteiger partial charge in [-0.3, -0.25) is 4.99 Å². The average Bonchev–Trinajstić information content (AvgIpc) is 3.14. The van der Waals surface area contributed by atoms with E-state index in [1.807, 2.05) is 85.1 Å². The Morgan fingerprint density at radius 3 is 2.14 bits per heavy atom. The first-order chi connectivity index (χ1) is 14.2. The highest BCUT2D eigenvalue weighted by atomic mass is 16.5. The smallest absolute Gasteiger partial charge is 0.127 e. The molecule has 4 rings (SSSR count). The van der Waals surface area contributed by atoms with E-state index in [-0.39, 0.29) is 0 Å². The van der Waals surface area contributed by atoms with Crippen molar-refractivity contribution in [2.24, 2.45) is 4.99 Å². The van der Waals surface area contributed by atoms with E-state index in [1.165, 1.54) is 0 Å². The monoisotopic (exact) mass is 382 g/mol. The number of aromatic nitrogens is 1. The summed E-state index contributed by atoms with van der Waals surface area (Å²) in [5.41, 5.74) is 4.15. The Labute approximate surface area is 170 Å². The molecule has 0 fully saturated rings. The van der Waals surface area contributed by atoms with Gasteiger partial charge in [-0.05, 0) is 73.7 Å². The lowest BCUT2D eigenvalue weighted by Crippen LogP contribution is -1.94. The number of nitrogens with zero attached hydrogens (tertiary/aromatic N) is 2. The number of rotatable bonds is 6. The van der Waals surface area contributed by atoms with Gasteiger partial charge in [0.2, 0.25) is 0 Å². The summed E-state index contributed by atoms with van der Waals surface area (Å²) in [4.78, 5) is 4.59. The summed E-state index contributed by atoms with van der Waals surface area (Å²) in [7, 11) is 1.67. The Morgan fingerprint density at radius 1 is 0.793 bits per heavy atom. The van der Waals surface area contributed by atoms with Gasteiger partial charge in [-0.1, -0.05) is 18.2 Å². The van der Waals surface area contributed by atoms with Crippen LogP contribution in [0, 0.1) is 6.92 Å². The van der Waals surface area contributed by atoms with Crippen LogP contribution in [0.3, 0.4) is 0 Å². The molecule has 4 nitrogen and oxygen atoms in total. The molecule has 0 spiro atoms. The summed E-state index contributed by atoms with van der Waals surface area (Å²) in [6.07, 6.45) is 3.95. The van der Waals surface area contributed by atoms with E-state index in [2.05, 4.69) is 28.7 Å². The molecule has 4 heteroatoms. The van der Waals surface area contributed by atoms with Crippen LogP contribution in [-0.4, -0.2) is 17.9 Å². The van der Waals surface area contributed by atoms with Crippen molar-refractivity contribution in [1.82, 2.24) is 4.57 Å². The van der Waals surface area contributed by atoms with Gasteiger partial charge in [0, 0.05) is 29.4 Å². The molecule has 0 aliphatic carbocycles. The molecule has 0 aliphatic heterocycles. The van der Waals surface area contributed by atoms with Crippen LogP contribution in [0.15, 0.2) is 96.1 Å². The minimum absolute atomic E-state index is 0.789. The molecule has 4 aromatic rings. The van der Waals surface area contributed by atoms with Crippen LogP contribution in [0.1, 0.15) is 11.3 Å². The highest BCUT2D eigenvalue weighted by Gasteiger charge is 2.04. The predicted octanol–water partition coefficient (Wildman–Crippen LogP) is 6.34. The molecule has 144 valence electrons. The van der Waals surface area contributed by atoms with Gasteiger partial charge in [0.25, 0.3) is 0 Å². The van der Waals surface area contributed by atoms with Gasteiger partial charge in [-0.2, -0.15) is 0 Å². The maximum absolute atomic E-state index is 5.82. The first kappa shape index (κ1) is 18.6. The standard InChI is InChI=1S/C25H22N2O2/c1-19-16-20(18-27(19)22-10-14-23(28-2)15-11-22)17-26-21-8-12-25(13-9-21)29-24-6-4-3-5-7-24/h3-18H,1-2H3. The number of aliphatic imine (C=N–C) groups is 1. The summed E-state index contributed by atoms with van der Waals surface area (Å²) < 4.78 is 13.2. The molecule has 0 amide bonds. The van der Waals surface area contributed by atoms with Crippen LogP contribution in [-0.2, 0) is 0 Å². The summed E-state index contributed by atoms with van der Waals surface area (Å²) in [6.45, 7) is 2.08. The number of aryl methyl sites for hydroxylation is 1. The number of para-hydroxylation sites is 1. The van der Waals surface area contributed by atoms with Crippen molar-refractivity contribution in [2.45, 2.75) is 6.92 Å². The topological polar surface area (TPSA) is 35.8 Å². The quantitative estimate of drug-likeness (QED) is 0.365. The van der Waals surface area contributed by atoms with Crippen LogP contribution < -0.4 is 9.47 Å². The highest BCUT2D eigenvalue weighted by Crippen LogP contribution is 2.24. The number of methoxy groups -OCH3 is 1. The van der Waals surface area contributed by atoms with Gasteiger partial charge in [0.15, 0.2) is 0 Å². The molecular weight excluding hydrogens is 360 g/mol. The van der Waals surface area contributed by atoms with Gasteiger partial charge in [-0.25, -0.2) is 0 Å². The molecule has 3 aromatic carbocycles. The van der Waals surface area contributed by atoms with E-state index < -0.39 is 0 Å². The van der Waals surface area contributed by atoms with Crippen molar-refractivity contribution < 1.29 is 9.47 Å². The fourth-order valence-corrected chi connectivity index (χ4v) is 3.06. The number of benzene rings is 3. The van der Waals surface area contributed by atoms with E-state index in [0.29, 0.717) is 0 Å². The molecule has 0 N–H and O–H groups in total. The van der Waals surface area contributed by atoms with Crippen molar-refractivity contribution in [2.75, 3.05) is 7.11 Å². The van der Waals surface area contributed by atoms with Gasteiger partial charge < -0.3 is 14.0 Å². The molecule has 0 aliphatic rings. The Morgan fingerprint density at radius 2 is 1.45 bits per heavy atom. The number of ether oxygens (including phenoxy) is 2. The van der Waals surface area contributed by atoms with Crippen molar-refractivity contribution in [3.8, 4) is 22.9 Å². The van der Waals surface area contributed by atoms with Crippen molar-refractivity contribution in [3.63, 3.8) is 0 Å². The van der Waals surface area contributed by atoms with E-state index >= 15 is 0 Å². The zero-order chi connectivity index (χ0) is 20.1. The van der Waals surface area contributed by atoms with Crippen molar-refractivity contribution >= 4 is 11.9 Å². The van der Waals surface area contributed by atoms with Crippen molar-refractivity contribution in [1.29, 1.82) is 0 Å². The fourth-order valence-electron chi connectivity index (χ4n) is 3.06. The summed E-state index contributed by atoms with van der Waals surface area (Å²) in [5.74, 6) is 2.45. The zero-order valence-electron chi connectivity index (χ0n) is 16.4. The lowest BCUT2D eigenvalue weighted by atomic mass is 10.3. The largest absolute Gasteiger partial charge is 0.497 e. The molecule has 0 atom stereocenters. The molecule has 29 heavy (non-hydrogen) atoms. The normalized spacial score (nSPS) is 11.0. The second-order valence-corrected chi connectivity index (χ2v) is 6.65. The molecule has 1 heterocycles. The SMILES string of the molecule is COc1ccc(-n2cc(C=Nc3ccc(Oc4ccccc4)cc3)cc2C)cc1. The minimum atomic E-state index is 0.789. The predicted molar refractivity (Wildman–Crippen MR) is 117 cm³/mol. The first-order valence-corrected chi connectivity index (χ1v) is 9.42.